The summed E-state index contributed by atoms with van der Waals surface area (Å²) in [5.41, 5.74) is 8.02. The van der Waals surface area contributed by atoms with Crippen LogP contribution in [0.25, 0.3) is 0 Å². The van der Waals surface area contributed by atoms with Crippen LogP contribution in [0.4, 0.5) is 0 Å². The maximum atomic E-state index is 13.3. The van der Waals surface area contributed by atoms with E-state index >= 15 is 0 Å². The second kappa shape index (κ2) is 9.30. The van der Waals surface area contributed by atoms with Crippen LogP contribution in [0.3, 0.4) is 0 Å². The van der Waals surface area contributed by atoms with Crippen molar-refractivity contribution in [2.75, 3.05) is 13.1 Å². The molecule has 1 aromatic carbocycles. The normalized spacial score (nSPS) is 18.5. The number of carbonyl (C=O) groups excluding carboxylic acids is 1. The third-order valence-electron chi connectivity index (χ3n) is 5.88. The first-order chi connectivity index (χ1) is 13.5. The Kier molecular flexibility index (Phi) is 6.80. The van der Waals surface area contributed by atoms with Gasteiger partial charge in [0, 0.05) is 12.3 Å². The Morgan fingerprint density at radius 1 is 1.32 bits per heavy atom. The zero-order valence-corrected chi connectivity index (χ0v) is 16.7. The van der Waals surface area contributed by atoms with Crippen LogP contribution < -0.4 is 11.1 Å². The Morgan fingerprint density at radius 3 is 2.64 bits per heavy atom. The van der Waals surface area contributed by atoms with Crippen molar-refractivity contribution in [1.82, 2.24) is 20.3 Å². The molecule has 0 aliphatic carbocycles. The molecular formula is C21H31N5O2. The smallest absolute Gasteiger partial charge is 0.160 e. The number of aromatic nitrogens is 3. The van der Waals surface area contributed by atoms with Gasteiger partial charge in [0.05, 0.1) is 17.9 Å². The number of benzene rings is 1. The number of rotatable bonds is 8. The van der Waals surface area contributed by atoms with Crippen molar-refractivity contribution >= 4 is 5.78 Å². The molecule has 0 spiro atoms. The van der Waals surface area contributed by atoms with E-state index in [1.54, 1.807) is 16.8 Å². The van der Waals surface area contributed by atoms with E-state index in [-0.39, 0.29) is 23.5 Å². The van der Waals surface area contributed by atoms with E-state index in [1.165, 1.54) is 0 Å². The van der Waals surface area contributed by atoms with Crippen LogP contribution in [0, 0.1) is 11.8 Å². The second-order valence-electron chi connectivity index (χ2n) is 7.85. The molecule has 0 saturated carbocycles. The van der Waals surface area contributed by atoms with Crippen molar-refractivity contribution in [3.05, 3.63) is 41.7 Å². The van der Waals surface area contributed by atoms with Crippen molar-refractivity contribution in [2.45, 2.75) is 51.6 Å². The molecule has 0 radical (unpaired) electrons. The summed E-state index contributed by atoms with van der Waals surface area (Å²) in [7, 11) is 0. The first-order valence-corrected chi connectivity index (χ1v) is 10.2. The molecule has 1 aliphatic heterocycles. The molecule has 7 nitrogen and oxygen atoms in total. The minimum absolute atomic E-state index is 0.0271. The van der Waals surface area contributed by atoms with Gasteiger partial charge in [0.25, 0.3) is 0 Å². The molecule has 1 fully saturated rings. The van der Waals surface area contributed by atoms with Gasteiger partial charge in [-0.1, -0.05) is 37.6 Å². The van der Waals surface area contributed by atoms with Crippen LogP contribution in [0.2, 0.25) is 0 Å². The number of carbonyl (C=O) groups is 1. The Morgan fingerprint density at radius 2 is 2.00 bits per heavy atom. The highest BCUT2D eigenvalue weighted by Gasteiger charge is 2.31. The van der Waals surface area contributed by atoms with E-state index < -0.39 is 6.04 Å². The van der Waals surface area contributed by atoms with E-state index in [1.807, 2.05) is 18.3 Å². The largest absolute Gasteiger partial charge is 0.508 e. The van der Waals surface area contributed by atoms with Gasteiger partial charge in [0.15, 0.2) is 5.78 Å². The Balaban J connectivity index is 1.86. The fourth-order valence-corrected chi connectivity index (χ4v) is 3.70. The number of aromatic hydroxyl groups is 1. The molecule has 0 bridgehead atoms. The van der Waals surface area contributed by atoms with Gasteiger partial charge in [-0.2, -0.15) is 0 Å². The standard InChI is InChI=1S/C21H31N5O2/c1-3-14(2)20(22)18-13-26(25-24-18)19(12-15-4-6-17(27)7-5-15)21(28)16-8-10-23-11-9-16/h4-7,13-14,16,19-20,23,27H,3,8-12,22H2,1-2H3/t14-,19-,20-/m0/s1. The number of hydrogen-bond acceptors (Lipinski definition) is 6. The lowest BCUT2D eigenvalue weighted by Gasteiger charge is -2.26. The predicted molar refractivity (Wildman–Crippen MR) is 108 cm³/mol. The summed E-state index contributed by atoms with van der Waals surface area (Å²) in [6, 6.07) is 6.38. The van der Waals surface area contributed by atoms with Crippen LogP contribution in [0.15, 0.2) is 30.5 Å². The van der Waals surface area contributed by atoms with Crippen molar-refractivity contribution in [3.63, 3.8) is 0 Å². The quantitative estimate of drug-likeness (QED) is 0.644. The number of nitrogens with two attached hydrogens (primary N) is 1. The van der Waals surface area contributed by atoms with E-state index in [2.05, 4.69) is 29.5 Å². The summed E-state index contributed by atoms with van der Waals surface area (Å²) in [4.78, 5) is 13.3. The molecule has 1 aliphatic rings. The number of hydrogen-bond donors (Lipinski definition) is 3. The van der Waals surface area contributed by atoms with Crippen LogP contribution in [-0.2, 0) is 11.2 Å². The minimum atomic E-state index is -0.418. The predicted octanol–water partition coefficient (Wildman–Crippen LogP) is 2.38. The van der Waals surface area contributed by atoms with E-state index in [0.717, 1.165) is 43.6 Å². The molecule has 3 rings (SSSR count). The highest BCUT2D eigenvalue weighted by atomic mass is 16.3. The molecule has 1 aromatic heterocycles. The van der Waals surface area contributed by atoms with Gasteiger partial charge in [-0.15, -0.1) is 5.10 Å². The van der Waals surface area contributed by atoms with Gasteiger partial charge in [0.1, 0.15) is 11.8 Å². The molecule has 0 unspecified atom stereocenters. The molecule has 28 heavy (non-hydrogen) atoms. The Labute approximate surface area is 166 Å². The number of phenols is 1. The Hall–Kier alpha value is -2.25. The van der Waals surface area contributed by atoms with Crippen molar-refractivity contribution in [2.24, 2.45) is 17.6 Å². The average Bonchev–Trinajstić information content (AvgIpc) is 3.22. The SMILES string of the molecule is CC[C@H](C)[C@H](N)c1cn([C@@H](Cc2ccc(O)cc2)C(=O)C2CCNCC2)nn1. The summed E-state index contributed by atoms with van der Waals surface area (Å²) in [5.74, 6) is 0.732. The maximum Gasteiger partial charge on any atom is 0.160 e. The molecular weight excluding hydrogens is 354 g/mol. The molecule has 0 amide bonds. The second-order valence-corrected chi connectivity index (χ2v) is 7.85. The molecule has 1 saturated heterocycles. The summed E-state index contributed by atoms with van der Waals surface area (Å²) >= 11 is 0. The van der Waals surface area contributed by atoms with E-state index in [9.17, 15) is 9.90 Å². The summed E-state index contributed by atoms with van der Waals surface area (Å²) < 4.78 is 1.69. The zero-order valence-electron chi connectivity index (χ0n) is 16.7. The minimum Gasteiger partial charge on any atom is -0.508 e. The average molecular weight is 386 g/mol. The summed E-state index contributed by atoms with van der Waals surface area (Å²) in [6.45, 7) is 5.93. The monoisotopic (exact) mass is 385 g/mol. The topological polar surface area (TPSA) is 106 Å². The van der Waals surface area contributed by atoms with Gasteiger partial charge < -0.3 is 16.2 Å². The fourth-order valence-electron chi connectivity index (χ4n) is 3.70. The first kappa shape index (κ1) is 20.5. The number of nitrogens with one attached hydrogen (secondary N) is 1. The van der Waals surface area contributed by atoms with Gasteiger partial charge in [-0.3, -0.25) is 4.79 Å². The third kappa shape index (κ3) is 4.77. The lowest BCUT2D eigenvalue weighted by molar-refractivity contribution is -0.127. The van der Waals surface area contributed by atoms with Gasteiger partial charge in [-0.25, -0.2) is 4.68 Å². The van der Waals surface area contributed by atoms with Gasteiger partial charge >= 0.3 is 0 Å². The van der Waals surface area contributed by atoms with Crippen LogP contribution in [0.1, 0.15) is 56.5 Å². The van der Waals surface area contributed by atoms with Crippen LogP contribution >= 0.6 is 0 Å². The zero-order chi connectivity index (χ0) is 20.1. The number of piperidine rings is 1. The number of nitrogens with zero attached hydrogens (tertiary/aromatic N) is 3. The summed E-state index contributed by atoms with van der Waals surface area (Å²) in [5, 5.41) is 21.4. The van der Waals surface area contributed by atoms with Crippen molar-refractivity contribution < 1.29 is 9.90 Å². The van der Waals surface area contributed by atoms with Crippen molar-refractivity contribution in [3.8, 4) is 5.75 Å². The first-order valence-electron chi connectivity index (χ1n) is 10.2. The van der Waals surface area contributed by atoms with Gasteiger partial charge in [0.2, 0.25) is 0 Å². The number of phenolic OH excluding ortho intramolecular Hbond substituents is 1. The molecule has 152 valence electrons. The van der Waals surface area contributed by atoms with Crippen molar-refractivity contribution in [1.29, 1.82) is 0 Å². The fraction of sp³-hybridized carbons (Fsp3) is 0.571. The van der Waals surface area contributed by atoms with Crippen LogP contribution in [-0.4, -0.2) is 39.0 Å². The maximum absolute atomic E-state index is 13.3. The number of ketones is 1. The summed E-state index contributed by atoms with van der Waals surface area (Å²) in [6.07, 6.45) is 5.00. The molecule has 2 aromatic rings. The van der Waals surface area contributed by atoms with E-state index in [4.69, 9.17) is 5.73 Å². The van der Waals surface area contributed by atoms with E-state index in [0.29, 0.717) is 12.3 Å². The highest BCUT2D eigenvalue weighted by molar-refractivity contribution is 5.85. The van der Waals surface area contributed by atoms with Crippen LogP contribution in [0.5, 0.6) is 5.75 Å². The third-order valence-corrected chi connectivity index (χ3v) is 5.88. The highest BCUT2D eigenvalue weighted by Crippen LogP contribution is 2.26. The lowest BCUT2D eigenvalue weighted by atomic mass is 9.87. The number of Topliss-reactive ketones (excluding diaryl/α,β-unsaturated/α-hetero) is 1. The lowest BCUT2D eigenvalue weighted by Crippen LogP contribution is -2.36. The molecule has 2 heterocycles. The molecule has 7 heteroatoms. The van der Waals surface area contributed by atoms with Gasteiger partial charge in [-0.05, 0) is 49.5 Å². The molecule has 3 atom stereocenters. The molecule has 4 N–H and O–H groups in total. The Bertz CT molecular complexity index is 767.